The maximum Gasteiger partial charge on any atom is 0.272 e. The summed E-state index contributed by atoms with van der Waals surface area (Å²) in [5.41, 5.74) is 8.43. The van der Waals surface area contributed by atoms with Crippen LogP contribution in [0.2, 0.25) is 0 Å². The summed E-state index contributed by atoms with van der Waals surface area (Å²) in [4.78, 5) is 15.6. The van der Waals surface area contributed by atoms with Crippen LogP contribution in [0.5, 0.6) is 0 Å². The highest BCUT2D eigenvalue weighted by Gasteiger charge is 2.12. The van der Waals surface area contributed by atoms with Crippen LogP contribution in [0.25, 0.3) is 0 Å². The highest BCUT2D eigenvalue weighted by molar-refractivity contribution is 7.15. The van der Waals surface area contributed by atoms with Crippen molar-refractivity contribution >= 4 is 22.2 Å². The molecule has 0 aliphatic rings. The Bertz CT molecular complexity index is 607. The van der Waals surface area contributed by atoms with Crippen molar-refractivity contribution in [3.05, 3.63) is 50.0 Å². The number of nitro groups is 1. The molecule has 2 N–H and O–H groups in total. The van der Waals surface area contributed by atoms with E-state index in [0.717, 1.165) is 16.1 Å². The third-order valence-corrected chi connectivity index (χ3v) is 3.72. The zero-order chi connectivity index (χ0) is 13.3. The van der Waals surface area contributed by atoms with Gasteiger partial charge in [0.25, 0.3) is 5.69 Å². The summed E-state index contributed by atoms with van der Waals surface area (Å²) in [5.74, 6) is 0. The molecular formula is C12H13N3O2S. The summed E-state index contributed by atoms with van der Waals surface area (Å²) < 4.78 is 0. The van der Waals surface area contributed by atoms with Gasteiger partial charge in [-0.05, 0) is 25.5 Å². The van der Waals surface area contributed by atoms with Crippen molar-refractivity contribution in [1.82, 2.24) is 4.98 Å². The number of aryl methyl sites for hydroxylation is 2. The molecule has 0 saturated carbocycles. The number of hydrogen-bond donors (Lipinski definition) is 1. The van der Waals surface area contributed by atoms with Crippen molar-refractivity contribution in [1.29, 1.82) is 0 Å². The molecule has 0 radical (unpaired) electrons. The number of nitrogens with zero attached hydrogens (tertiary/aromatic N) is 2. The van der Waals surface area contributed by atoms with Gasteiger partial charge in [0.2, 0.25) is 0 Å². The van der Waals surface area contributed by atoms with Crippen molar-refractivity contribution in [2.75, 3.05) is 5.73 Å². The number of nitro benzene ring substituents is 1. The lowest BCUT2D eigenvalue weighted by atomic mass is 10.1. The standard InChI is InChI=1S/C12H13N3O2S/c1-7-5-9(3-4-10(7)15(16)17)6-11-8(2)14-12(13)18-11/h3-5H,6H2,1-2H3,(H2,13,14). The van der Waals surface area contributed by atoms with Crippen LogP contribution < -0.4 is 5.73 Å². The third kappa shape index (κ3) is 2.48. The van der Waals surface area contributed by atoms with Gasteiger partial charge in [-0.1, -0.05) is 6.07 Å². The predicted octanol–water partition coefficient (Wildman–Crippen LogP) is 2.84. The smallest absolute Gasteiger partial charge is 0.272 e. The van der Waals surface area contributed by atoms with E-state index >= 15 is 0 Å². The lowest BCUT2D eigenvalue weighted by Gasteiger charge is -2.02. The van der Waals surface area contributed by atoms with Crippen LogP contribution >= 0.6 is 11.3 Å². The normalized spacial score (nSPS) is 10.6. The first-order chi connectivity index (χ1) is 8.47. The predicted molar refractivity (Wildman–Crippen MR) is 71.9 cm³/mol. The zero-order valence-corrected chi connectivity index (χ0v) is 11.0. The molecule has 1 aromatic heterocycles. The summed E-state index contributed by atoms with van der Waals surface area (Å²) in [5, 5.41) is 11.3. The highest BCUT2D eigenvalue weighted by Crippen LogP contribution is 2.25. The fourth-order valence-corrected chi connectivity index (χ4v) is 2.70. The Hall–Kier alpha value is -1.95. The lowest BCUT2D eigenvalue weighted by Crippen LogP contribution is -1.94. The van der Waals surface area contributed by atoms with E-state index in [-0.39, 0.29) is 10.6 Å². The molecule has 2 aromatic rings. The molecule has 94 valence electrons. The Morgan fingerprint density at radius 2 is 2.17 bits per heavy atom. The van der Waals surface area contributed by atoms with Gasteiger partial charge in [0.05, 0.1) is 10.6 Å². The molecule has 0 bridgehead atoms. The first kappa shape index (κ1) is 12.5. The average molecular weight is 263 g/mol. The number of nitrogen functional groups attached to an aromatic ring is 1. The molecule has 0 fully saturated rings. The van der Waals surface area contributed by atoms with Gasteiger partial charge < -0.3 is 5.73 Å². The van der Waals surface area contributed by atoms with E-state index in [0.29, 0.717) is 17.1 Å². The first-order valence-corrected chi connectivity index (χ1v) is 6.24. The summed E-state index contributed by atoms with van der Waals surface area (Å²) in [6, 6.07) is 5.17. The van der Waals surface area contributed by atoms with E-state index in [1.165, 1.54) is 11.3 Å². The van der Waals surface area contributed by atoms with E-state index in [2.05, 4.69) is 4.98 Å². The Balaban J connectivity index is 2.28. The largest absolute Gasteiger partial charge is 0.375 e. The Kier molecular flexibility index (Phi) is 3.29. The maximum absolute atomic E-state index is 10.7. The van der Waals surface area contributed by atoms with Crippen LogP contribution in [0.3, 0.4) is 0 Å². The second kappa shape index (κ2) is 4.73. The van der Waals surface area contributed by atoms with Crippen molar-refractivity contribution in [2.45, 2.75) is 20.3 Å². The molecule has 0 unspecified atom stereocenters. The van der Waals surface area contributed by atoms with Crippen molar-refractivity contribution in [2.24, 2.45) is 0 Å². The van der Waals surface area contributed by atoms with Gasteiger partial charge in [0.1, 0.15) is 0 Å². The lowest BCUT2D eigenvalue weighted by molar-refractivity contribution is -0.385. The second-order valence-electron chi connectivity index (χ2n) is 4.12. The SMILES string of the molecule is Cc1cc(Cc2sc(N)nc2C)ccc1[N+](=O)[O-]. The Morgan fingerprint density at radius 1 is 1.44 bits per heavy atom. The molecule has 0 saturated heterocycles. The van der Waals surface area contributed by atoms with Crippen LogP contribution in [0.1, 0.15) is 21.7 Å². The summed E-state index contributed by atoms with van der Waals surface area (Å²) in [7, 11) is 0. The summed E-state index contributed by atoms with van der Waals surface area (Å²) >= 11 is 1.46. The Morgan fingerprint density at radius 3 is 2.67 bits per heavy atom. The fraction of sp³-hybridized carbons (Fsp3) is 0.250. The van der Waals surface area contributed by atoms with Gasteiger partial charge in [-0.2, -0.15) is 0 Å². The fourth-order valence-electron chi connectivity index (χ4n) is 1.83. The number of hydrogen-bond acceptors (Lipinski definition) is 5. The van der Waals surface area contributed by atoms with Crippen molar-refractivity contribution in [3.63, 3.8) is 0 Å². The average Bonchev–Trinajstić information content (AvgIpc) is 2.57. The topological polar surface area (TPSA) is 82.0 Å². The second-order valence-corrected chi connectivity index (χ2v) is 5.23. The van der Waals surface area contributed by atoms with E-state index in [9.17, 15) is 10.1 Å². The monoisotopic (exact) mass is 263 g/mol. The van der Waals surface area contributed by atoms with Gasteiger partial charge in [-0.3, -0.25) is 10.1 Å². The van der Waals surface area contributed by atoms with Crippen LogP contribution in [-0.4, -0.2) is 9.91 Å². The highest BCUT2D eigenvalue weighted by atomic mass is 32.1. The van der Waals surface area contributed by atoms with Gasteiger partial charge in [-0.25, -0.2) is 4.98 Å². The molecular weight excluding hydrogens is 250 g/mol. The van der Waals surface area contributed by atoms with E-state index in [1.54, 1.807) is 19.1 Å². The minimum atomic E-state index is -0.366. The van der Waals surface area contributed by atoms with Gasteiger partial charge in [-0.15, -0.1) is 11.3 Å². The summed E-state index contributed by atoms with van der Waals surface area (Å²) in [6.07, 6.45) is 0.708. The van der Waals surface area contributed by atoms with Crippen molar-refractivity contribution < 1.29 is 4.92 Å². The molecule has 1 heterocycles. The molecule has 0 atom stereocenters. The maximum atomic E-state index is 10.7. The van der Waals surface area contributed by atoms with Crippen LogP contribution in [0.15, 0.2) is 18.2 Å². The van der Waals surface area contributed by atoms with Crippen molar-refractivity contribution in [3.8, 4) is 0 Å². The molecule has 6 heteroatoms. The molecule has 18 heavy (non-hydrogen) atoms. The van der Waals surface area contributed by atoms with Gasteiger partial charge >= 0.3 is 0 Å². The first-order valence-electron chi connectivity index (χ1n) is 5.43. The number of anilines is 1. The number of nitrogens with two attached hydrogens (primary N) is 1. The minimum absolute atomic E-state index is 0.152. The van der Waals surface area contributed by atoms with E-state index in [1.807, 2.05) is 13.0 Å². The quantitative estimate of drug-likeness (QED) is 0.681. The van der Waals surface area contributed by atoms with Gasteiger partial charge in [0.15, 0.2) is 5.13 Å². The van der Waals surface area contributed by atoms with Gasteiger partial charge in [0, 0.05) is 22.9 Å². The molecule has 0 aliphatic heterocycles. The third-order valence-electron chi connectivity index (χ3n) is 2.73. The van der Waals surface area contributed by atoms with Crippen LogP contribution in [-0.2, 0) is 6.42 Å². The number of rotatable bonds is 3. The molecule has 0 aliphatic carbocycles. The number of aromatic nitrogens is 1. The minimum Gasteiger partial charge on any atom is -0.375 e. The summed E-state index contributed by atoms with van der Waals surface area (Å²) in [6.45, 7) is 3.66. The molecule has 0 amide bonds. The zero-order valence-electron chi connectivity index (χ0n) is 10.1. The van der Waals surface area contributed by atoms with Crippen LogP contribution in [0, 0.1) is 24.0 Å². The molecule has 1 aromatic carbocycles. The van der Waals surface area contributed by atoms with E-state index < -0.39 is 0 Å². The van der Waals surface area contributed by atoms with E-state index in [4.69, 9.17) is 5.73 Å². The molecule has 5 nitrogen and oxygen atoms in total. The van der Waals surface area contributed by atoms with Crippen LogP contribution in [0.4, 0.5) is 10.8 Å². The number of benzene rings is 1. The molecule has 2 rings (SSSR count). The Labute approximate surface area is 108 Å². The number of thiazole rings is 1. The molecule has 0 spiro atoms.